The van der Waals surface area contributed by atoms with Crippen molar-refractivity contribution in [2.45, 2.75) is 76.9 Å². The molecule has 11 heteroatoms. The van der Waals surface area contributed by atoms with Crippen molar-refractivity contribution in [2.24, 2.45) is 0 Å². The Hall–Kier alpha value is -2.24. The van der Waals surface area contributed by atoms with E-state index in [2.05, 4.69) is 16.0 Å². The molecule has 1 saturated heterocycles. The molecule has 2 rings (SSSR count). The lowest BCUT2D eigenvalue weighted by atomic mass is 9.98. The van der Waals surface area contributed by atoms with E-state index in [1.165, 1.54) is 4.90 Å². The molecule has 2 unspecified atom stereocenters. The highest BCUT2D eigenvalue weighted by atomic mass is 33.1. The Morgan fingerprint density at radius 2 is 1.68 bits per heavy atom. The molecule has 2 atom stereocenters. The summed E-state index contributed by atoms with van der Waals surface area (Å²) in [6.45, 7) is 5.46. The van der Waals surface area contributed by atoms with Crippen molar-refractivity contribution in [3.8, 4) is 0 Å². The van der Waals surface area contributed by atoms with Gasteiger partial charge in [0.05, 0.1) is 13.2 Å². The topological polar surface area (TPSA) is 128 Å². The summed E-state index contributed by atoms with van der Waals surface area (Å²) in [6, 6.07) is 7.72. The highest BCUT2D eigenvalue weighted by Gasteiger charge is 2.37. The van der Waals surface area contributed by atoms with E-state index in [4.69, 9.17) is 5.11 Å². The molecule has 1 aromatic carbocycles. The average Bonchev–Trinajstić information content (AvgIpc) is 2.88. The smallest absolute Gasteiger partial charge is 0.245 e. The number of amides is 4. The minimum absolute atomic E-state index is 0.164. The van der Waals surface area contributed by atoms with Gasteiger partial charge in [-0.15, -0.1) is 0 Å². The monoisotopic (exact) mass is 566 g/mol. The van der Waals surface area contributed by atoms with Gasteiger partial charge in [0.1, 0.15) is 17.6 Å². The Morgan fingerprint density at radius 1 is 0.974 bits per heavy atom. The lowest BCUT2D eigenvalue weighted by Crippen LogP contribution is -2.63. The van der Waals surface area contributed by atoms with Crippen LogP contribution in [-0.4, -0.2) is 82.5 Å². The fraction of sp³-hybridized carbons (Fsp3) is 0.630. The second kappa shape index (κ2) is 16.7. The van der Waals surface area contributed by atoms with Gasteiger partial charge in [0, 0.05) is 24.5 Å². The van der Waals surface area contributed by atoms with Crippen LogP contribution in [0.4, 0.5) is 0 Å². The van der Waals surface area contributed by atoms with Crippen LogP contribution in [0, 0.1) is 0 Å². The highest BCUT2D eigenvalue weighted by molar-refractivity contribution is 8.76. The van der Waals surface area contributed by atoms with Crippen molar-refractivity contribution < 1.29 is 24.3 Å². The van der Waals surface area contributed by atoms with Crippen LogP contribution in [0.15, 0.2) is 30.3 Å². The predicted molar refractivity (Wildman–Crippen MR) is 154 cm³/mol. The Morgan fingerprint density at radius 3 is 2.37 bits per heavy atom. The van der Waals surface area contributed by atoms with Gasteiger partial charge in [-0.1, -0.05) is 71.7 Å². The minimum atomic E-state index is -1.29. The van der Waals surface area contributed by atoms with E-state index in [0.29, 0.717) is 25.1 Å². The third-order valence-electron chi connectivity index (χ3n) is 6.16. The molecule has 1 aromatic rings. The van der Waals surface area contributed by atoms with E-state index >= 15 is 0 Å². The first-order valence-corrected chi connectivity index (χ1v) is 15.8. The second-order valence-corrected chi connectivity index (χ2v) is 12.6. The van der Waals surface area contributed by atoms with Crippen LogP contribution in [0.25, 0.3) is 0 Å². The summed E-state index contributed by atoms with van der Waals surface area (Å²) >= 11 is 0. The molecule has 1 aliphatic heterocycles. The molecule has 9 nitrogen and oxygen atoms in total. The Bertz CT molecular complexity index is 916. The van der Waals surface area contributed by atoms with Crippen LogP contribution in [0.1, 0.15) is 58.4 Å². The van der Waals surface area contributed by atoms with Crippen molar-refractivity contribution in [3.63, 3.8) is 0 Å². The van der Waals surface area contributed by atoms with Crippen LogP contribution in [-0.2, 0) is 25.6 Å². The van der Waals surface area contributed by atoms with E-state index in [1.54, 1.807) is 35.4 Å². The summed E-state index contributed by atoms with van der Waals surface area (Å²) in [5.74, 6) is 0.0484. The van der Waals surface area contributed by atoms with Crippen molar-refractivity contribution in [2.75, 3.05) is 31.2 Å². The number of aliphatic hydroxyl groups is 1. The maximum Gasteiger partial charge on any atom is 0.245 e. The summed E-state index contributed by atoms with van der Waals surface area (Å²) in [5.41, 5.74) is -0.406. The fourth-order valence-corrected chi connectivity index (χ4v) is 6.04. The summed E-state index contributed by atoms with van der Waals surface area (Å²) < 4.78 is 0. The number of nitrogens with zero attached hydrogens (tertiary/aromatic N) is 1. The maximum absolute atomic E-state index is 13.6. The third-order valence-corrected chi connectivity index (χ3v) is 8.63. The fourth-order valence-electron chi connectivity index (χ4n) is 4.12. The molecule has 0 saturated carbocycles. The molecule has 0 bridgehead atoms. The Kier molecular flexibility index (Phi) is 14.0. The van der Waals surface area contributed by atoms with Gasteiger partial charge >= 0.3 is 0 Å². The molecular formula is C27H42N4O5S2. The first-order chi connectivity index (χ1) is 18.2. The molecule has 4 N–H and O–H groups in total. The number of hydrogen-bond acceptors (Lipinski definition) is 7. The van der Waals surface area contributed by atoms with Gasteiger partial charge in [-0.25, -0.2) is 0 Å². The van der Waals surface area contributed by atoms with Crippen molar-refractivity contribution >= 4 is 45.2 Å². The molecule has 38 heavy (non-hydrogen) atoms. The van der Waals surface area contributed by atoms with Gasteiger partial charge in [0.15, 0.2) is 0 Å². The molecule has 0 radical (unpaired) electrons. The summed E-state index contributed by atoms with van der Waals surface area (Å²) in [4.78, 5) is 54.5. The number of hydrogen-bond donors (Lipinski definition) is 4. The van der Waals surface area contributed by atoms with Crippen LogP contribution < -0.4 is 16.0 Å². The lowest BCUT2D eigenvalue weighted by molar-refractivity contribution is -0.142. The maximum atomic E-state index is 13.6. The second-order valence-electron chi connectivity index (χ2n) is 9.93. The Balaban J connectivity index is 2.16. The number of aliphatic hydroxyl groups excluding tert-OH is 1. The molecule has 0 spiro atoms. The SMILES string of the molecule is CCCN1CC(=O)NC(CCCCCSSCCO)C(=O)NC(C)(C)C(=O)NC(Cc2ccccc2)C1=O. The first-order valence-electron chi connectivity index (χ1n) is 13.3. The van der Waals surface area contributed by atoms with Crippen LogP contribution in [0.5, 0.6) is 0 Å². The number of carbonyl (C=O) groups is 4. The van der Waals surface area contributed by atoms with Crippen molar-refractivity contribution in [1.29, 1.82) is 0 Å². The molecule has 212 valence electrons. The summed E-state index contributed by atoms with van der Waals surface area (Å²) in [5, 5.41) is 17.3. The number of carbonyl (C=O) groups excluding carboxylic acids is 4. The molecule has 1 fully saturated rings. The van der Waals surface area contributed by atoms with Gasteiger partial charge in [0.2, 0.25) is 23.6 Å². The first kappa shape index (κ1) is 32.0. The van der Waals surface area contributed by atoms with E-state index in [-0.39, 0.29) is 25.5 Å². The molecule has 1 heterocycles. The van der Waals surface area contributed by atoms with Crippen LogP contribution >= 0.6 is 21.6 Å². The zero-order chi connectivity index (χ0) is 28.0. The number of rotatable bonds is 13. The van der Waals surface area contributed by atoms with Gasteiger partial charge < -0.3 is 26.0 Å². The van der Waals surface area contributed by atoms with E-state index < -0.39 is 35.3 Å². The van der Waals surface area contributed by atoms with Gasteiger partial charge in [0.25, 0.3) is 0 Å². The molecule has 0 aromatic heterocycles. The molecule has 1 aliphatic rings. The number of benzene rings is 1. The normalized spacial score (nSPS) is 20.7. The standard InChI is InChI=1S/C27H42N4O5S2/c1-4-14-31-19-23(33)28-21(13-9-6-10-16-37-38-17-15-32)24(34)30-27(2,3)26(36)29-22(25(31)35)18-20-11-7-5-8-12-20/h5,7-8,11-12,21-22,32H,4,6,9-10,13-19H2,1-3H3,(H,28,33)(H,29,36)(H,30,34). The Labute approximate surface area is 234 Å². The quantitative estimate of drug-likeness (QED) is 0.213. The van der Waals surface area contributed by atoms with E-state index in [9.17, 15) is 19.2 Å². The van der Waals surface area contributed by atoms with Crippen LogP contribution in [0.3, 0.4) is 0 Å². The highest BCUT2D eigenvalue weighted by Crippen LogP contribution is 2.22. The van der Waals surface area contributed by atoms with E-state index in [1.807, 2.05) is 37.3 Å². The molecule has 0 aliphatic carbocycles. The largest absolute Gasteiger partial charge is 0.395 e. The average molecular weight is 567 g/mol. The lowest BCUT2D eigenvalue weighted by Gasteiger charge is -2.33. The molecule has 4 amide bonds. The van der Waals surface area contributed by atoms with Gasteiger partial charge in [-0.2, -0.15) is 0 Å². The third kappa shape index (κ3) is 10.9. The molecular weight excluding hydrogens is 524 g/mol. The summed E-state index contributed by atoms with van der Waals surface area (Å²) in [7, 11) is 3.34. The van der Waals surface area contributed by atoms with E-state index in [0.717, 1.165) is 30.6 Å². The zero-order valence-corrected chi connectivity index (χ0v) is 24.3. The summed E-state index contributed by atoms with van der Waals surface area (Å²) in [6.07, 6.45) is 3.93. The number of nitrogens with one attached hydrogen (secondary N) is 3. The van der Waals surface area contributed by atoms with Gasteiger partial charge in [-0.05, 0) is 38.7 Å². The van der Waals surface area contributed by atoms with Gasteiger partial charge in [-0.3, -0.25) is 19.2 Å². The zero-order valence-electron chi connectivity index (χ0n) is 22.7. The predicted octanol–water partition coefficient (Wildman–Crippen LogP) is 2.28. The number of unbranched alkanes of at least 4 members (excludes halogenated alkanes) is 2. The van der Waals surface area contributed by atoms with Crippen LogP contribution in [0.2, 0.25) is 0 Å². The van der Waals surface area contributed by atoms with Crippen molar-refractivity contribution in [1.82, 2.24) is 20.9 Å². The minimum Gasteiger partial charge on any atom is -0.395 e. The van der Waals surface area contributed by atoms with Crippen molar-refractivity contribution in [3.05, 3.63) is 35.9 Å².